The summed E-state index contributed by atoms with van der Waals surface area (Å²) in [6, 6.07) is 12.3. The van der Waals surface area contributed by atoms with Crippen LogP contribution in [0.25, 0.3) is 23.3 Å². The van der Waals surface area contributed by atoms with Crippen molar-refractivity contribution in [2.24, 2.45) is 0 Å². The number of hydrogen-bond acceptors (Lipinski definition) is 2. The SMILES string of the molecule is C(=C\n1cnc2ccccc21)/c1cccs1. The van der Waals surface area contributed by atoms with Gasteiger partial charge in [-0.25, -0.2) is 4.98 Å². The zero-order chi connectivity index (χ0) is 10.8. The van der Waals surface area contributed by atoms with Gasteiger partial charge in [-0.05, 0) is 29.7 Å². The first kappa shape index (κ1) is 9.36. The fourth-order valence-corrected chi connectivity index (χ4v) is 2.25. The summed E-state index contributed by atoms with van der Waals surface area (Å²) < 4.78 is 2.04. The Balaban J connectivity index is 2.01. The average Bonchev–Trinajstić information content (AvgIpc) is 2.96. The number of nitrogens with zero attached hydrogens (tertiary/aromatic N) is 2. The number of benzene rings is 1. The lowest BCUT2D eigenvalue weighted by Gasteiger charge is -1.94. The molecule has 0 radical (unpaired) electrons. The van der Waals surface area contributed by atoms with Crippen LogP contribution in [0.15, 0.2) is 48.1 Å². The van der Waals surface area contributed by atoms with Crippen molar-refractivity contribution in [3.63, 3.8) is 0 Å². The maximum atomic E-state index is 4.33. The summed E-state index contributed by atoms with van der Waals surface area (Å²) in [7, 11) is 0. The minimum atomic E-state index is 1.03. The van der Waals surface area contributed by atoms with E-state index in [0.717, 1.165) is 11.0 Å². The molecule has 0 aliphatic heterocycles. The van der Waals surface area contributed by atoms with Crippen molar-refractivity contribution < 1.29 is 0 Å². The van der Waals surface area contributed by atoms with Crippen molar-refractivity contribution >= 4 is 34.6 Å². The van der Waals surface area contributed by atoms with Crippen LogP contribution in [-0.2, 0) is 0 Å². The van der Waals surface area contributed by atoms with E-state index in [1.807, 2.05) is 35.3 Å². The number of thiophene rings is 1. The summed E-state index contributed by atoms with van der Waals surface area (Å²) in [5.74, 6) is 0. The van der Waals surface area contributed by atoms with Gasteiger partial charge < -0.3 is 4.57 Å². The van der Waals surface area contributed by atoms with Crippen LogP contribution < -0.4 is 0 Å². The van der Waals surface area contributed by atoms with Crippen molar-refractivity contribution in [1.29, 1.82) is 0 Å². The largest absolute Gasteiger partial charge is 0.306 e. The van der Waals surface area contributed by atoms with Crippen LogP contribution in [0.3, 0.4) is 0 Å². The molecule has 2 heterocycles. The van der Waals surface area contributed by atoms with E-state index in [-0.39, 0.29) is 0 Å². The van der Waals surface area contributed by atoms with Crippen molar-refractivity contribution in [2.75, 3.05) is 0 Å². The molecule has 0 amide bonds. The monoisotopic (exact) mass is 226 g/mol. The summed E-state index contributed by atoms with van der Waals surface area (Å²) in [6.07, 6.45) is 5.98. The Kier molecular flexibility index (Phi) is 2.31. The third kappa shape index (κ3) is 1.66. The fraction of sp³-hybridized carbons (Fsp3) is 0. The van der Waals surface area contributed by atoms with E-state index in [4.69, 9.17) is 0 Å². The van der Waals surface area contributed by atoms with Gasteiger partial charge in [0, 0.05) is 11.1 Å². The minimum Gasteiger partial charge on any atom is -0.306 e. The van der Waals surface area contributed by atoms with Crippen molar-refractivity contribution in [2.45, 2.75) is 0 Å². The van der Waals surface area contributed by atoms with Crippen LogP contribution >= 0.6 is 11.3 Å². The molecule has 0 saturated heterocycles. The quantitative estimate of drug-likeness (QED) is 0.651. The molecule has 0 aliphatic carbocycles. The highest BCUT2D eigenvalue weighted by atomic mass is 32.1. The zero-order valence-corrected chi connectivity index (χ0v) is 9.39. The second kappa shape index (κ2) is 3.94. The predicted octanol–water partition coefficient (Wildman–Crippen LogP) is 3.73. The molecule has 1 aromatic carbocycles. The molecule has 0 bridgehead atoms. The first-order valence-corrected chi connectivity index (χ1v) is 5.95. The van der Waals surface area contributed by atoms with E-state index in [2.05, 4.69) is 34.6 Å². The van der Waals surface area contributed by atoms with E-state index in [9.17, 15) is 0 Å². The number of hydrogen-bond donors (Lipinski definition) is 0. The summed E-state index contributed by atoms with van der Waals surface area (Å²) in [5, 5.41) is 2.08. The molecule has 3 heteroatoms. The highest BCUT2D eigenvalue weighted by molar-refractivity contribution is 7.10. The topological polar surface area (TPSA) is 17.8 Å². The summed E-state index contributed by atoms with van der Waals surface area (Å²) in [4.78, 5) is 5.58. The molecule has 0 spiro atoms. The first-order valence-electron chi connectivity index (χ1n) is 5.07. The smallest absolute Gasteiger partial charge is 0.0999 e. The highest BCUT2D eigenvalue weighted by Crippen LogP contribution is 2.15. The van der Waals surface area contributed by atoms with Crippen LogP contribution in [-0.4, -0.2) is 9.55 Å². The van der Waals surface area contributed by atoms with E-state index in [1.54, 1.807) is 11.3 Å². The van der Waals surface area contributed by atoms with E-state index in [1.165, 1.54) is 4.88 Å². The number of fused-ring (bicyclic) bond motifs is 1. The van der Waals surface area contributed by atoms with Crippen LogP contribution in [0, 0.1) is 0 Å². The van der Waals surface area contributed by atoms with Gasteiger partial charge in [-0.1, -0.05) is 18.2 Å². The van der Waals surface area contributed by atoms with Gasteiger partial charge in [0.15, 0.2) is 0 Å². The molecule has 0 fully saturated rings. The van der Waals surface area contributed by atoms with E-state index in [0.29, 0.717) is 0 Å². The molecule has 2 nitrogen and oxygen atoms in total. The number of rotatable bonds is 2. The van der Waals surface area contributed by atoms with Gasteiger partial charge in [-0.3, -0.25) is 0 Å². The molecular formula is C13H10N2S. The molecule has 0 unspecified atom stereocenters. The normalized spacial score (nSPS) is 11.5. The predicted molar refractivity (Wildman–Crippen MR) is 69.3 cm³/mol. The van der Waals surface area contributed by atoms with Gasteiger partial charge in [-0.15, -0.1) is 11.3 Å². The number of aromatic nitrogens is 2. The van der Waals surface area contributed by atoms with Gasteiger partial charge in [0.25, 0.3) is 0 Å². The van der Waals surface area contributed by atoms with Gasteiger partial charge in [-0.2, -0.15) is 0 Å². The first-order chi connectivity index (χ1) is 7.93. The Morgan fingerprint density at radius 1 is 1.12 bits per heavy atom. The lowest BCUT2D eigenvalue weighted by molar-refractivity contribution is 1.18. The molecule has 0 aliphatic rings. The second-order valence-corrected chi connectivity index (χ2v) is 4.45. The van der Waals surface area contributed by atoms with Gasteiger partial charge in [0.1, 0.15) is 0 Å². The number of imidazole rings is 1. The average molecular weight is 226 g/mol. The zero-order valence-electron chi connectivity index (χ0n) is 8.58. The fourth-order valence-electron chi connectivity index (χ4n) is 1.64. The number of para-hydroxylation sites is 2. The van der Waals surface area contributed by atoms with Crippen LogP contribution in [0.5, 0.6) is 0 Å². The van der Waals surface area contributed by atoms with E-state index < -0.39 is 0 Å². The van der Waals surface area contributed by atoms with E-state index >= 15 is 0 Å². The van der Waals surface area contributed by atoms with Crippen molar-refractivity contribution in [1.82, 2.24) is 9.55 Å². The molecular weight excluding hydrogens is 216 g/mol. The lowest BCUT2D eigenvalue weighted by Crippen LogP contribution is -1.81. The molecule has 0 saturated carbocycles. The molecule has 3 aromatic rings. The van der Waals surface area contributed by atoms with Crippen LogP contribution in [0.2, 0.25) is 0 Å². The minimum absolute atomic E-state index is 1.03. The Hall–Kier alpha value is -1.87. The standard InChI is InChI=1S/C13H10N2S/c1-2-6-13-12(5-1)14-10-15(13)8-7-11-4-3-9-16-11/h1-10H/b8-7+. The molecule has 2 aromatic heterocycles. The van der Waals surface area contributed by atoms with Crippen LogP contribution in [0.4, 0.5) is 0 Å². The third-order valence-electron chi connectivity index (χ3n) is 2.42. The summed E-state index contributed by atoms with van der Waals surface area (Å²) in [6.45, 7) is 0. The van der Waals surface area contributed by atoms with Crippen molar-refractivity contribution in [3.05, 3.63) is 53.0 Å². The maximum absolute atomic E-state index is 4.33. The highest BCUT2D eigenvalue weighted by Gasteiger charge is 1.97. The van der Waals surface area contributed by atoms with Gasteiger partial charge >= 0.3 is 0 Å². The maximum Gasteiger partial charge on any atom is 0.0999 e. The molecule has 0 N–H and O–H groups in total. The molecule has 3 rings (SSSR count). The Labute approximate surface area is 97.5 Å². The van der Waals surface area contributed by atoms with Gasteiger partial charge in [0.05, 0.1) is 17.4 Å². The third-order valence-corrected chi connectivity index (χ3v) is 3.26. The molecule has 16 heavy (non-hydrogen) atoms. The summed E-state index contributed by atoms with van der Waals surface area (Å²) in [5.41, 5.74) is 2.16. The lowest BCUT2D eigenvalue weighted by atomic mass is 10.3. The molecule has 78 valence electrons. The second-order valence-electron chi connectivity index (χ2n) is 3.47. The summed E-state index contributed by atoms with van der Waals surface area (Å²) >= 11 is 1.73. The van der Waals surface area contributed by atoms with Crippen molar-refractivity contribution in [3.8, 4) is 0 Å². The van der Waals surface area contributed by atoms with Crippen LogP contribution in [0.1, 0.15) is 4.88 Å². The Morgan fingerprint density at radius 3 is 2.94 bits per heavy atom. The Morgan fingerprint density at radius 2 is 2.06 bits per heavy atom. The van der Waals surface area contributed by atoms with Gasteiger partial charge in [0.2, 0.25) is 0 Å². The molecule has 0 atom stereocenters. The Bertz CT molecular complexity index is 620.